The molecule has 1 aromatic carbocycles. The first-order valence-corrected chi connectivity index (χ1v) is 6.37. The SMILES string of the molecule is CC(Nc1ccc(C(F)(F)F)cc1C#N)C1CCOC1. The van der Waals surface area contributed by atoms with Crippen LogP contribution in [0.5, 0.6) is 0 Å². The van der Waals surface area contributed by atoms with E-state index in [0.717, 1.165) is 18.6 Å². The molecule has 6 heteroatoms. The Morgan fingerprint density at radius 1 is 1.45 bits per heavy atom. The molecule has 2 rings (SSSR count). The second-order valence-electron chi connectivity index (χ2n) is 4.93. The van der Waals surface area contributed by atoms with Gasteiger partial charge in [-0.15, -0.1) is 0 Å². The fourth-order valence-electron chi connectivity index (χ4n) is 2.25. The topological polar surface area (TPSA) is 45.0 Å². The first kappa shape index (κ1) is 14.7. The summed E-state index contributed by atoms with van der Waals surface area (Å²) in [6.07, 6.45) is -3.52. The number of hydrogen-bond acceptors (Lipinski definition) is 3. The number of anilines is 1. The number of rotatable bonds is 3. The summed E-state index contributed by atoms with van der Waals surface area (Å²) in [5, 5.41) is 12.1. The number of nitrogens with one attached hydrogen (secondary N) is 1. The lowest BCUT2D eigenvalue weighted by Crippen LogP contribution is -2.26. The normalized spacial score (nSPS) is 20.4. The molecule has 1 aromatic rings. The molecule has 2 atom stereocenters. The van der Waals surface area contributed by atoms with Gasteiger partial charge in [-0.2, -0.15) is 18.4 Å². The highest BCUT2D eigenvalue weighted by Crippen LogP contribution is 2.32. The Hall–Kier alpha value is -1.74. The molecule has 2 unspecified atom stereocenters. The molecule has 1 aliphatic rings. The zero-order valence-corrected chi connectivity index (χ0v) is 11.0. The van der Waals surface area contributed by atoms with E-state index in [2.05, 4.69) is 5.32 Å². The van der Waals surface area contributed by atoms with E-state index in [1.165, 1.54) is 6.07 Å². The first-order valence-electron chi connectivity index (χ1n) is 6.37. The van der Waals surface area contributed by atoms with Gasteiger partial charge in [0.15, 0.2) is 0 Å². The molecule has 0 spiro atoms. The third-order valence-electron chi connectivity index (χ3n) is 3.52. The lowest BCUT2D eigenvalue weighted by molar-refractivity contribution is -0.137. The summed E-state index contributed by atoms with van der Waals surface area (Å²) in [5.74, 6) is 0.309. The quantitative estimate of drug-likeness (QED) is 0.925. The molecule has 0 radical (unpaired) electrons. The molecule has 1 N–H and O–H groups in total. The van der Waals surface area contributed by atoms with Gasteiger partial charge in [-0.05, 0) is 31.5 Å². The van der Waals surface area contributed by atoms with Crippen molar-refractivity contribution in [3.05, 3.63) is 29.3 Å². The monoisotopic (exact) mass is 284 g/mol. The maximum atomic E-state index is 12.6. The Kier molecular flexibility index (Phi) is 4.19. The number of nitrogens with zero attached hydrogens (tertiary/aromatic N) is 1. The predicted octanol–water partition coefficient (Wildman–Crippen LogP) is 3.41. The van der Waals surface area contributed by atoms with Crippen molar-refractivity contribution in [2.75, 3.05) is 18.5 Å². The van der Waals surface area contributed by atoms with Crippen LogP contribution in [0.4, 0.5) is 18.9 Å². The van der Waals surface area contributed by atoms with Gasteiger partial charge in [0.1, 0.15) is 6.07 Å². The standard InChI is InChI=1S/C14H15F3N2O/c1-9(10-4-5-20-8-10)19-13-3-2-12(14(15,16)17)6-11(13)7-18/h2-3,6,9-10,19H,4-5,8H2,1H3. The number of halogens is 3. The van der Waals surface area contributed by atoms with Gasteiger partial charge in [0.25, 0.3) is 0 Å². The van der Waals surface area contributed by atoms with Crippen LogP contribution >= 0.6 is 0 Å². The van der Waals surface area contributed by atoms with E-state index in [1.807, 2.05) is 13.0 Å². The van der Waals surface area contributed by atoms with E-state index in [-0.39, 0.29) is 11.6 Å². The van der Waals surface area contributed by atoms with Crippen LogP contribution in [0.2, 0.25) is 0 Å². The van der Waals surface area contributed by atoms with Crippen molar-refractivity contribution in [3.8, 4) is 6.07 Å². The summed E-state index contributed by atoms with van der Waals surface area (Å²) < 4.78 is 43.1. The molecule has 0 amide bonds. The first-order chi connectivity index (χ1) is 9.41. The van der Waals surface area contributed by atoms with Gasteiger partial charge in [0.2, 0.25) is 0 Å². The lowest BCUT2D eigenvalue weighted by Gasteiger charge is -2.21. The van der Waals surface area contributed by atoms with Gasteiger partial charge in [0.05, 0.1) is 23.4 Å². The minimum absolute atomic E-state index is 0.00518. The van der Waals surface area contributed by atoms with E-state index in [1.54, 1.807) is 0 Å². The van der Waals surface area contributed by atoms with Crippen molar-refractivity contribution >= 4 is 5.69 Å². The average Bonchev–Trinajstić information content (AvgIpc) is 2.91. The zero-order valence-electron chi connectivity index (χ0n) is 11.0. The minimum atomic E-state index is -4.44. The Labute approximate surface area is 115 Å². The molecule has 108 valence electrons. The van der Waals surface area contributed by atoms with E-state index in [0.29, 0.717) is 24.8 Å². The lowest BCUT2D eigenvalue weighted by atomic mass is 9.99. The number of ether oxygens (including phenoxy) is 1. The van der Waals surface area contributed by atoms with Gasteiger partial charge in [-0.1, -0.05) is 0 Å². The van der Waals surface area contributed by atoms with Crippen molar-refractivity contribution in [2.45, 2.75) is 25.6 Å². The third kappa shape index (κ3) is 3.23. The highest BCUT2D eigenvalue weighted by atomic mass is 19.4. The predicted molar refractivity (Wildman–Crippen MR) is 68.2 cm³/mol. The summed E-state index contributed by atoms with van der Waals surface area (Å²) >= 11 is 0. The Bertz CT molecular complexity index is 516. The van der Waals surface area contributed by atoms with Gasteiger partial charge < -0.3 is 10.1 Å². The van der Waals surface area contributed by atoms with E-state index in [4.69, 9.17) is 10.00 Å². The molecule has 1 aliphatic heterocycles. The van der Waals surface area contributed by atoms with E-state index in [9.17, 15) is 13.2 Å². The minimum Gasteiger partial charge on any atom is -0.381 e. The largest absolute Gasteiger partial charge is 0.416 e. The molecule has 0 saturated carbocycles. The van der Waals surface area contributed by atoms with Crippen LogP contribution in [0.15, 0.2) is 18.2 Å². The van der Waals surface area contributed by atoms with Gasteiger partial charge in [0, 0.05) is 18.6 Å². The van der Waals surface area contributed by atoms with Gasteiger partial charge >= 0.3 is 6.18 Å². The van der Waals surface area contributed by atoms with Crippen LogP contribution in [-0.2, 0) is 10.9 Å². The maximum absolute atomic E-state index is 12.6. The fraction of sp³-hybridized carbons (Fsp3) is 0.500. The molecule has 0 bridgehead atoms. The number of alkyl halides is 3. The third-order valence-corrected chi connectivity index (χ3v) is 3.52. The van der Waals surface area contributed by atoms with Crippen LogP contribution in [0.3, 0.4) is 0 Å². The molecule has 0 aliphatic carbocycles. The van der Waals surface area contributed by atoms with E-state index < -0.39 is 11.7 Å². The summed E-state index contributed by atoms with van der Waals surface area (Å²) in [6.45, 7) is 3.28. The van der Waals surface area contributed by atoms with Crippen LogP contribution in [0.1, 0.15) is 24.5 Å². The Morgan fingerprint density at radius 3 is 2.75 bits per heavy atom. The van der Waals surface area contributed by atoms with E-state index >= 15 is 0 Å². The van der Waals surface area contributed by atoms with Crippen molar-refractivity contribution in [1.82, 2.24) is 0 Å². The summed E-state index contributed by atoms with van der Waals surface area (Å²) in [7, 11) is 0. The molecule has 20 heavy (non-hydrogen) atoms. The van der Waals surface area contributed by atoms with Crippen LogP contribution in [0, 0.1) is 17.2 Å². The Morgan fingerprint density at radius 2 is 2.20 bits per heavy atom. The Balaban J connectivity index is 2.17. The summed E-state index contributed by atoms with van der Waals surface area (Å²) in [4.78, 5) is 0. The van der Waals surface area contributed by atoms with Crippen molar-refractivity contribution in [1.29, 1.82) is 5.26 Å². The highest BCUT2D eigenvalue weighted by molar-refractivity contribution is 5.59. The van der Waals surface area contributed by atoms with Crippen molar-refractivity contribution < 1.29 is 17.9 Å². The molecule has 3 nitrogen and oxygen atoms in total. The molecule has 1 heterocycles. The summed E-state index contributed by atoms with van der Waals surface area (Å²) in [5.41, 5.74) is -0.373. The average molecular weight is 284 g/mol. The second-order valence-corrected chi connectivity index (χ2v) is 4.93. The summed E-state index contributed by atoms with van der Waals surface area (Å²) in [6, 6.07) is 5.03. The smallest absolute Gasteiger partial charge is 0.381 e. The van der Waals surface area contributed by atoms with Crippen LogP contribution < -0.4 is 5.32 Å². The highest BCUT2D eigenvalue weighted by Gasteiger charge is 2.31. The van der Waals surface area contributed by atoms with Crippen LogP contribution in [0.25, 0.3) is 0 Å². The number of hydrogen-bond donors (Lipinski definition) is 1. The molecule has 0 aromatic heterocycles. The van der Waals surface area contributed by atoms with Crippen LogP contribution in [-0.4, -0.2) is 19.3 Å². The van der Waals surface area contributed by atoms with Crippen molar-refractivity contribution in [2.24, 2.45) is 5.92 Å². The molecular weight excluding hydrogens is 269 g/mol. The van der Waals surface area contributed by atoms with Gasteiger partial charge in [-0.25, -0.2) is 0 Å². The maximum Gasteiger partial charge on any atom is 0.416 e. The number of nitriles is 1. The van der Waals surface area contributed by atoms with Gasteiger partial charge in [-0.3, -0.25) is 0 Å². The number of benzene rings is 1. The molecular formula is C14H15F3N2O. The fourth-order valence-corrected chi connectivity index (χ4v) is 2.25. The van der Waals surface area contributed by atoms with Crippen molar-refractivity contribution in [3.63, 3.8) is 0 Å². The zero-order chi connectivity index (χ0) is 14.8. The molecule has 1 saturated heterocycles. The molecule has 1 fully saturated rings. The second kappa shape index (κ2) is 5.71.